The Bertz CT molecular complexity index is 457. The van der Waals surface area contributed by atoms with Gasteiger partial charge in [-0.15, -0.1) is 0 Å². The molecule has 0 saturated heterocycles. The highest BCUT2D eigenvalue weighted by Gasteiger charge is 2.31. The third-order valence-electron chi connectivity index (χ3n) is 4.93. The molecule has 1 fully saturated rings. The van der Waals surface area contributed by atoms with Gasteiger partial charge in [-0.05, 0) is 49.6 Å². The van der Waals surface area contributed by atoms with E-state index in [4.69, 9.17) is 4.74 Å². The van der Waals surface area contributed by atoms with Crippen LogP contribution in [0, 0.1) is 11.8 Å². The molecule has 1 aliphatic carbocycles. The minimum atomic E-state index is 0.470. The summed E-state index contributed by atoms with van der Waals surface area (Å²) in [5.41, 5.74) is 2.81. The number of hydrogen-bond donors (Lipinski definition) is 1. The van der Waals surface area contributed by atoms with Crippen molar-refractivity contribution in [3.05, 3.63) is 29.3 Å². The number of rotatable bonds is 4. The topological polar surface area (TPSA) is 21.3 Å². The average molecular weight is 273 g/mol. The molecule has 0 amide bonds. The van der Waals surface area contributed by atoms with Crippen LogP contribution in [0.5, 0.6) is 5.75 Å². The number of fused-ring (bicyclic) bond motifs is 1. The van der Waals surface area contributed by atoms with Gasteiger partial charge >= 0.3 is 0 Å². The molecule has 0 spiro atoms. The normalized spacial score (nSPS) is 26.9. The van der Waals surface area contributed by atoms with Crippen molar-refractivity contribution in [2.24, 2.45) is 11.8 Å². The summed E-state index contributed by atoms with van der Waals surface area (Å²) in [5, 5.41) is 3.73. The van der Waals surface area contributed by atoms with Crippen LogP contribution < -0.4 is 10.1 Å². The number of hydrogen-bond acceptors (Lipinski definition) is 2. The summed E-state index contributed by atoms with van der Waals surface area (Å²) < 4.78 is 6.03. The Morgan fingerprint density at radius 2 is 2.25 bits per heavy atom. The number of para-hydroxylation sites is 1. The molecule has 1 aliphatic heterocycles. The van der Waals surface area contributed by atoms with Gasteiger partial charge in [0.05, 0.1) is 6.61 Å². The van der Waals surface area contributed by atoms with E-state index in [2.05, 4.69) is 37.4 Å². The van der Waals surface area contributed by atoms with Crippen molar-refractivity contribution >= 4 is 0 Å². The van der Waals surface area contributed by atoms with Crippen molar-refractivity contribution in [3.8, 4) is 5.75 Å². The first-order chi connectivity index (χ1) is 9.79. The van der Waals surface area contributed by atoms with E-state index in [1.165, 1.54) is 42.6 Å². The zero-order chi connectivity index (χ0) is 13.9. The van der Waals surface area contributed by atoms with Gasteiger partial charge in [0.1, 0.15) is 5.75 Å². The molecule has 20 heavy (non-hydrogen) atoms. The quantitative estimate of drug-likeness (QED) is 0.892. The second-order valence-electron chi connectivity index (χ2n) is 6.50. The Kier molecular flexibility index (Phi) is 4.30. The Morgan fingerprint density at radius 1 is 1.35 bits per heavy atom. The first-order valence-corrected chi connectivity index (χ1v) is 8.27. The summed E-state index contributed by atoms with van der Waals surface area (Å²) in [7, 11) is 0. The third kappa shape index (κ3) is 2.71. The van der Waals surface area contributed by atoms with Gasteiger partial charge in [-0.25, -0.2) is 0 Å². The molecule has 3 atom stereocenters. The lowest BCUT2D eigenvalue weighted by molar-refractivity contribution is 0.273. The zero-order valence-corrected chi connectivity index (χ0v) is 12.8. The molecule has 1 aromatic carbocycles. The van der Waals surface area contributed by atoms with E-state index in [0.29, 0.717) is 6.04 Å². The smallest absolute Gasteiger partial charge is 0.127 e. The molecule has 3 rings (SSSR count). The predicted molar refractivity (Wildman–Crippen MR) is 83.2 cm³/mol. The lowest BCUT2D eigenvalue weighted by Crippen LogP contribution is -2.28. The number of benzene rings is 1. The SMILES string of the molecule is CCNC(c1cccc2c1OCCC2)C1CCC(C)C1. The van der Waals surface area contributed by atoms with Crippen LogP contribution in [0.2, 0.25) is 0 Å². The monoisotopic (exact) mass is 273 g/mol. The Morgan fingerprint density at radius 3 is 3.00 bits per heavy atom. The summed E-state index contributed by atoms with van der Waals surface area (Å²) in [6, 6.07) is 7.20. The van der Waals surface area contributed by atoms with E-state index >= 15 is 0 Å². The first-order valence-electron chi connectivity index (χ1n) is 8.27. The number of nitrogens with one attached hydrogen (secondary N) is 1. The second kappa shape index (κ2) is 6.17. The lowest BCUT2D eigenvalue weighted by Gasteiger charge is -2.29. The van der Waals surface area contributed by atoms with Crippen LogP contribution in [0.25, 0.3) is 0 Å². The maximum atomic E-state index is 6.03. The maximum absolute atomic E-state index is 6.03. The minimum absolute atomic E-state index is 0.470. The standard InChI is InChI=1S/C18H27NO/c1-3-19-17(15-10-9-13(2)12-15)16-8-4-6-14-7-5-11-20-18(14)16/h4,6,8,13,15,17,19H,3,5,7,9-12H2,1-2H3. The molecule has 1 heterocycles. The Hall–Kier alpha value is -1.02. The molecular formula is C18H27NO. The molecule has 1 saturated carbocycles. The predicted octanol–water partition coefficient (Wildman–Crippen LogP) is 4.10. The van der Waals surface area contributed by atoms with Gasteiger partial charge in [-0.1, -0.05) is 38.5 Å². The van der Waals surface area contributed by atoms with Crippen LogP contribution in [-0.2, 0) is 6.42 Å². The van der Waals surface area contributed by atoms with Crippen molar-refractivity contribution in [1.29, 1.82) is 0 Å². The molecular weight excluding hydrogens is 246 g/mol. The molecule has 110 valence electrons. The van der Waals surface area contributed by atoms with Gasteiger partial charge < -0.3 is 10.1 Å². The highest BCUT2D eigenvalue weighted by atomic mass is 16.5. The van der Waals surface area contributed by atoms with Crippen molar-refractivity contribution in [2.45, 2.75) is 52.0 Å². The fourth-order valence-corrected chi connectivity index (χ4v) is 3.96. The van der Waals surface area contributed by atoms with Gasteiger partial charge in [-0.3, -0.25) is 0 Å². The highest BCUT2D eigenvalue weighted by molar-refractivity contribution is 5.44. The van der Waals surface area contributed by atoms with E-state index in [9.17, 15) is 0 Å². The van der Waals surface area contributed by atoms with E-state index in [1.54, 1.807) is 0 Å². The van der Waals surface area contributed by atoms with Crippen molar-refractivity contribution < 1.29 is 4.74 Å². The maximum Gasteiger partial charge on any atom is 0.127 e. The molecule has 2 aliphatic rings. The molecule has 2 nitrogen and oxygen atoms in total. The third-order valence-corrected chi connectivity index (χ3v) is 4.93. The fourth-order valence-electron chi connectivity index (χ4n) is 3.96. The summed E-state index contributed by atoms with van der Waals surface area (Å²) in [6.07, 6.45) is 6.40. The summed E-state index contributed by atoms with van der Waals surface area (Å²) in [5.74, 6) is 2.83. The average Bonchev–Trinajstić information content (AvgIpc) is 2.91. The Balaban J connectivity index is 1.91. The van der Waals surface area contributed by atoms with Crippen molar-refractivity contribution in [2.75, 3.05) is 13.2 Å². The van der Waals surface area contributed by atoms with Crippen LogP contribution in [0.3, 0.4) is 0 Å². The van der Waals surface area contributed by atoms with Gasteiger partial charge in [0, 0.05) is 11.6 Å². The van der Waals surface area contributed by atoms with Gasteiger partial charge in [0.2, 0.25) is 0 Å². The number of ether oxygens (including phenoxy) is 1. The van der Waals surface area contributed by atoms with Crippen molar-refractivity contribution in [3.63, 3.8) is 0 Å². The van der Waals surface area contributed by atoms with Crippen LogP contribution in [-0.4, -0.2) is 13.2 Å². The van der Waals surface area contributed by atoms with E-state index in [-0.39, 0.29) is 0 Å². The summed E-state index contributed by atoms with van der Waals surface area (Å²) in [6.45, 7) is 6.50. The van der Waals surface area contributed by atoms with E-state index in [1.807, 2.05) is 0 Å². The fraction of sp³-hybridized carbons (Fsp3) is 0.667. The highest BCUT2D eigenvalue weighted by Crippen LogP contribution is 2.43. The van der Waals surface area contributed by atoms with Gasteiger partial charge in [0.25, 0.3) is 0 Å². The van der Waals surface area contributed by atoms with Crippen LogP contribution in [0.15, 0.2) is 18.2 Å². The van der Waals surface area contributed by atoms with Crippen LogP contribution in [0.1, 0.15) is 56.7 Å². The molecule has 0 aromatic heterocycles. The van der Waals surface area contributed by atoms with Crippen molar-refractivity contribution in [1.82, 2.24) is 5.32 Å². The largest absolute Gasteiger partial charge is 0.493 e. The van der Waals surface area contributed by atoms with E-state index < -0.39 is 0 Å². The second-order valence-corrected chi connectivity index (χ2v) is 6.50. The molecule has 2 heteroatoms. The van der Waals surface area contributed by atoms with Gasteiger partial charge in [0.15, 0.2) is 0 Å². The first kappa shape index (κ1) is 13.9. The summed E-state index contributed by atoms with van der Waals surface area (Å²) >= 11 is 0. The van der Waals surface area contributed by atoms with Crippen LogP contribution >= 0.6 is 0 Å². The molecule has 3 unspecified atom stereocenters. The number of aryl methyl sites for hydroxylation is 1. The van der Waals surface area contributed by atoms with Gasteiger partial charge in [-0.2, -0.15) is 0 Å². The van der Waals surface area contributed by atoms with E-state index in [0.717, 1.165) is 31.4 Å². The zero-order valence-electron chi connectivity index (χ0n) is 12.8. The Labute approximate surface area is 122 Å². The summed E-state index contributed by atoms with van der Waals surface area (Å²) in [4.78, 5) is 0. The molecule has 1 aromatic rings. The molecule has 0 radical (unpaired) electrons. The molecule has 1 N–H and O–H groups in total. The van der Waals surface area contributed by atoms with Crippen LogP contribution in [0.4, 0.5) is 0 Å². The lowest BCUT2D eigenvalue weighted by atomic mass is 9.88. The minimum Gasteiger partial charge on any atom is -0.493 e. The molecule has 0 bridgehead atoms.